The third-order valence-corrected chi connectivity index (χ3v) is 13.7. The van der Waals surface area contributed by atoms with Crippen molar-refractivity contribution in [3.8, 4) is 0 Å². The van der Waals surface area contributed by atoms with Gasteiger partial charge in [0.25, 0.3) is 0 Å². The topological polar surface area (TPSA) is 46.5 Å². The molecule has 1 N–H and O–H groups in total. The molecule has 0 aromatic rings. The molecule has 0 saturated heterocycles. The summed E-state index contributed by atoms with van der Waals surface area (Å²) in [6.07, 6.45) is 11.2. The van der Waals surface area contributed by atoms with Crippen molar-refractivity contribution in [2.24, 2.45) is 23.2 Å². The van der Waals surface area contributed by atoms with Crippen LogP contribution in [0.25, 0.3) is 0 Å². The van der Waals surface area contributed by atoms with E-state index in [1.165, 1.54) is 32.1 Å². The van der Waals surface area contributed by atoms with E-state index < -0.39 is 13.9 Å². The van der Waals surface area contributed by atoms with Crippen LogP contribution in [-0.2, 0) is 9.22 Å². The van der Waals surface area contributed by atoms with Gasteiger partial charge in [-0.1, -0.05) is 27.7 Å². The van der Waals surface area contributed by atoms with Crippen LogP contribution in [-0.4, -0.2) is 31.4 Å². The number of carbonyl (C=O) groups excluding carboxylic acids is 1. The molecule has 156 valence electrons. The molecule has 3 rings (SSSR count). The Hall–Kier alpha value is -0.193. The first-order chi connectivity index (χ1) is 12.4. The van der Waals surface area contributed by atoms with Gasteiger partial charge in [-0.05, 0) is 87.8 Å². The third kappa shape index (κ3) is 3.83. The van der Waals surface area contributed by atoms with Crippen LogP contribution in [0.2, 0.25) is 18.1 Å². The van der Waals surface area contributed by atoms with Crippen molar-refractivity contribution < 1.29 is 14.3 Å². The number of hydrogen-bond donors (Lipinski definition) is 1. The predicted molar refractivity (Wildman–Crippen MR) is 113 cm³/mol. The van der Waals surface area contributed by atoms with Crippen molar-refractivity contribution in [1.82, 2.24) is 0 Å². The van der Waals surface area contributed by atoms with Crippen molar-refractivity contribution in [2.45, 2.75) is 115 Å². The Morgan fingerprint density at radius 2 is 1.63 bits per heavy atom. The average molecular weight is 395 g/mol. The fourth-order valence-corrected chi connectivity index (χ4v) is 7.43. The molecule has 0 aromatic carbocycles. The molecule has 3 nitrogen and oxygen atoms in total. The first-order valence-electron chi connectivity index (χ1n) is 11.3. The summed E-state index contributed by atoms with van der Waals surface area (Å²) < 4.78 is 6.66. The van der Waals surface area contributed by atoms with Crippen molar-refractivity contribution in [1.29, 1.82) is 0 Å². The minimum Gasteiger partial charge on any atom is -0.414 e. The molecular weight excluding hydrogens is 352 g/mol. The Morgan fingerprint density at radius 1 is 1.00 bits per heavy atom. The van der Waals surface area contributed by atoms with Crippen LogP contribution in [0.4, 0.5) is 0 Å². The van der Waals surface area contributed by atoms with Crippen LogP contribution < -0.4 is 0 Å². The van der Waals surface area contributed by atoms with Crippen molar-refractivity contribution in [2.75, 3.05) is 0 Å². The van der Waals surface area contributed by atoms with Gasteiger partial charge in [-0.2, -0.15) is 0 Å². The second kappa shape index (κ2) is 7.25. The normalized spacial score (nSPS) is 43.4. The van der Waals surface area contributed by atoms with Gasteiger partial charge < -0.3 is 14.3 Å². The standard InChI is InChI=1S/C23H42O3Si/c1-21(2,3)27(5,6)26-20-9-7-17(8-10-20)18-11-13-22(4)19(16-24)12-14-23(22,25)15-18/h16-20,25H,7-15H2,1-6H3/t17?,18-,19+,20?,22+,23-/m0/s1. The van der Waals surface area contributed by atoms with Crippen molar-refractivity contribution in [3.05, 3.63) is 0 Å². The van der Waals surface area contributed by atoms with E-state index in [-0.39, 0.29) is 16.4 Å². The van der Waals surface area contributed by atoms with Gasteiger partial charge in [0.15, 0.2) is 8.32 Å². The minimum atomic E-state index is -1.68. The lowest BCUT2D eigenvalue weighted by Crippen LogP contribution is -2.51. The van der Waals surface area contributed by atoms with Crippen LogP contribution >= 0.6 is 0 Å². The number of fused-ring (bicyclic) bond motifs is 1. The van der Waals surface area contributed by atoms with E-state index in [1.54, 1.807) is 0 Å². The molecule has 4 heteroatoms. The van der Waals surface area contributed by atoms with Crippen molar-refractivity contribution >= 4 is 14.6 Å². The van der Waals surface area contributed by atoms with Crippen LogP contribution in [0.3, 0.4) is 0 Å². The molecule has 27 heavy (non-hydrogen) atoms. The first-order valence-corrected chi connectivity index (χ1v) is 14.2. The van der Waals surface area contributed by atoms with E-state index in [1.807, 2.05) is 0 Å². The van der Waals surface area contributed by atoms with E-state index in [0.717, 1.165) is 37.9 Å². The maximum absolute atomic E-state index is 11.5. The Morgan fingerprint density at radius 3 is 2.19 bits per heavy atom. The zero-order chi connectivity index (χ0) is 20.1. The second-order valence-electron chi connectivity index (χ2n) is 11.6. The smallest absolute Gasteiger partial charge is 0.192 e. The summed E-state index contributed by atoms with van der Waals surface area (Å²) in [5.74, 6) is 1.41. The van der Waals surface area contributed by atoms with Crippen LogP contribution in [0.1, 0.15) is 85.5 Å². The molecule has 0 aromatic heterocycles. The maximum Gasteiger partial charge on any atom is 0.192 e. The highest BCUT2D eigenvalue weighted by atomic mass is 28.4. The molecule has 0 spiro atoms. The van der Waals surface area contributed by atoms with Gasteiger partial charge in [0, 0.05) is 17.4 Å². The molecule has 3 fully saturated rings. The van der Waals surface area contributed by atoms with E-state index in [2.05, 4.69) is 40.8 Å². The molecular formula is C23H42O3Si. The minimum absolute atomic E-state index is 0.0529. The van der Waals surface area contributed by atoms with Crippen molar-refractivity contribution in [3.63, 3.8) is 0 Å². The maximum atomic E-state index is 11.5. The zero-order valence-corrected chi connectivity index (χ0v) is 19.5. The highest BCUT2D eigenvalue weighted by molar-refractivity contribution is 6.74. The lowest BCUT2D eigenvalue weighted by atomic mass is 9.57. The van der Waals surface area contributed by atoms with Crippen LogP contribution in [0.15, 0.2) is 0 Å². The highest BCUT2D eigenvalue weighted by Crippen LogP contribution is 2.60. The summed E-state index contributed by atoms with van der Waals surface area (Å²) in [6.45, 7) is 13.8. The second-order valence-corrected chi connectivity index (χ2v) is 16.4. The molecule has 3 aliphatic carbocycles. The molecule has 0 radical (unpaired) electrons. The Kier molecular flexibility index (Phi) is 5.78. The highest BCUT2D eigenvalue weighted by Gasteiger charge is 2.59. The number of aldehydes is 1. The van der Waals surface area contributed by atoms with E-state index in [4.69, 9.17) is 4.43 Å². The molecule has 4 atom stereocenters. The molecule has 0 aliphatic heterocycles. The number of carbonyl (C=O) groups is 1. The third-order valence-electron chi connectivity index (χ3n) is 9.20. The fraction of sp³-hybridized carbons (Fsp3) is 0.957. The molecule has 0 heterocycles. The fourth-order valence-electron chi connectivity index (χ4n) is 6.01. The van der Waals surface area contributed by atoms with E-state index in [9.17, 15) is 9.90 Å². The molecule has 0 unspecified atom stereocenters. The Balaban J connectivity index is 1.56. The summed E-state index contributed by atoms with van der Waals surface area (Å²) in [4.78, 5) is 11.5. The monoisotopic (exact) mass is 394 g/mol. The summed E-state index contributed by atoms with van der Waals surface area (Å²) in [6, 6.07) is 0. The number of rotatable bonds is 4. The molecule has 0 amide bonds. The number of aliphatic hydroxyl groups is 1. The summed E-state index contributed by atoms with van der Waals surface area (Å²) >= 11 is 0. The van der Waals surface area contributed by atoms with Crippen LogP contribution in [0.5, 0.6) is 0 Å². The van der Waals surface area contributed by atoms with Crippen LogP contribution in [0, 0.1) is 23.2 Å². The van der Waals surface area contributed by atoms with E-state index in [0.29, 0.717) is 12.0 Å². The molecule has 3 saturated carbocycles. The van der Waals surface area contributed by atoms with Gasteiger partial charge in [0.1, 0.15) is 6.29 Å². The Labute approximate surface area is 167 Å². The SMILES string of the molecule is CC(C)(C)[Si](C)(C)OC1CCC([C@H]2CC[C@]3(C)[C@@H](C=O)CC[C@]3(O)C2)CC1. The summed E-state index contributed by atoms with van der Waals surface area (Å²) in [7, 11) is -1.68. The van der Waals surface area contributed by atoms with Gasteiger partial charge in [-0.25, -0.2) is 0 Å². The van der Waals surface area contributed by atoms with Gasteiger partial charge in [0.05, 0.1) is 5.60 Å². The molecule has 3 aliphatic rings. The average Bonchev–Trinajstić information content (AvgIpc) is 2.84. The van der Waals surface area contributed by atoms with Gasteiger partial charge in [-0.15, -0.1) is 0 Å². The zero-order valence-electron chi connectivity index (χ0n) is 18.5. The number of hydrogen-bond acceptors (Lipinski definition) is 3. The summed E-state index contributed by atoms with van der Waals surface area (Å²) in [5.41, 5.74) is -0.802. The van der Waals surface area contributed by atoms with Gasteiger partial charge >= 0.3 is 0 Å². The molecule has 0 bridgehead atoms. The van der Waals surface area contributed by atoms with Gasteiger partial charge in [-0.3, -0.25) is 0 Å². The van der Waals surface area contributed by atoms with Gasteiger partial charge in [0.2, 0.25) is 0 Å². The quantitative estimate of drug-likeness (QED) is 0.490. The predicted octanol–water partition coefficient (Wildman–Crippen LogP) is 5.71. The Bertz CT molecular complexity index is 546. The lowest BCUT2D eigenvalue weighted by Gasteiger charge is -2.51. The first kappa shape index (κ1) is 21.5. The summed E-state index contributed by atoms with van der Waals surface area (Å²) in [5, 5.41) is 11.7. The lowest BCUT2D eigenvalue weighted by molar-refractivity contribution is -0.136. The largest absolute Gasteiger partial charge is 0.414 e. The van der Waals surface area contributed by atoms with E-state index >= 15 is 0 Å².